The van der Waals surface area contributed by atoms with Crippen molar-refractivity contribution in [2.75, 3.05) is 23.9 Å². The Morgan fingerprint density at radius 2 is 1.75 bits per heavy atom. The number of anilines is 2. The van der Waals surface area contributed by atoms with Gasteiger partial charge in [-0.25, -0.2) is 9.59 Å². The smallest absolute Gasteiger partial charge is 0.413 e. The fraction of sp³-hybridized carbons (Fsp3) is 0.556. The number of carbonyl (C=O) groups is 2. The Morgan fingerprint density at radius 1 is 1.12 bits per heavy atom. The van der Waals surface area contributed by atoms with E-state index in [4.69, 9.17) is 4.74 Å². The molecule has 0 aliphatic rings. The van der Waals surface area contributed by atoms with Crippen LogP contribution in [0.2, 0.25) is 0 Å². The quantitative estimate of drug-likeness (QED) is 0.783. The summed E-state index contributed by atoms with van der Waals surface area (Å²) in [6.45, 7) is 8.43. The molecule has 0 saturated heterocycles. The second kappa shape index (κ2) is 9.80. The lowest BCUT2D eigenvalue weighted by Gasteiger charge is -2.18. The van der Waals surface area contributed by atoms with E-state index in [1.165, 1.54) is 4.90 Å². The Bertz CT molecular complexity index is 529. The van der Waals surface area contributed by atoms with Crippen LogP contribution in [0, 0.1) is 5.92 Å². The summed E-state index contributed by atoms with van der Waals surface area (Å²) in [5.74, 6) is 0.626. The van der Waals surface area contributed by atoms with Crippen molar-refractivity contribution in [3.8, 4) is 0 Å². The lowest BCUT2D eigenvalue weighted by molar-refractivity contribution is 0.161. The molecule has 6 heteroatoms. The van der Waals surface area contributed by atoms with E-state index in [0.29, 0.717) is 23.9 Å². The van der Waals surface area contributed by atoms with E-state index in [2.05, 4.69) is 24.5 Å². The van der Waals surface area contributed by atoms with Gasteiger partial charge in [0.05, 0.1) is 6.61 Å². The number of hydrogen-bond acceptors (Lipinski definition) is 3. The molecule has 134 valence electrons. The van der Waals surface area contributed by atoms with Crippen LogP contribution in [-0.4, -0.2) is 31.8 Å². The summed E-state index contributed by atoms with van der Waals surface area (Å²) in [5.41, 5.74) is 1.37. The number of benzene rings is 1. The SMILES string of the molecule is CCOC(=O)N(C)c1ccc(NC(=O)NC(C)CCC(C)C)cc1. The summed E-state index contributed by atoms with van der Waals surface area (Å²) in [5, 5.41) is 5.72. The van der Waals surface area contributed by atoms with Crippen LogP contribution < -0.4 is 15.5 Å². The highest BCUT2D eigenvalue weighted by molar-refractivity contribution is 5.91. The van der Waals surface area contributed by atoms with Crippen LogP contribution in [0.3, 0.4) is 0 Å². The largest absolute Gasteiger partial charge is 0.449 e. The Kier molecular flexibility index (Phi) is 8.09. The second-order valence-electron chi connectivity index (χ2n) is 6.28. The van der Waals surface area contributed by atoms with Crippen molar-refractivity contribution >= 4 is 23.5 Å². The van der Waals surface area contributed by atoms with Gasteiger partial charge in [0.2, 0.25) is 0 Å². The minimum Gasteiger partial charge on any atom is -0.449 e. The molecule has 1 atom stereocenters. The first kappa shape index (κ1) is 19.8. The predicted molar refractivity (Wildman–Crippen MR) is 97.6 cm³/mol. The molecule has 0 fully saturated rings. The van der Waals surface area contributed by atoms with Gasteiger partial charge in [-0.3, -0.25) is 4.90 Å². The van der Waals surface area contributed by atoms with Crippen molar-refractivity contribution in [2.45, 2.75) is 46.6 Å². The first-order chi connectivity index (χ1) is 11.3. The zero-order chi connectivity index (χ0) is 18.1. The van der Waals surface area contributed by atoms with Crippen LogP contribution in [0.25, 0.3) is 0 Å². The van der Waals surface area contributed by atoms with Crippen molar-refractivity contribution in [3.05, 3.63) is 24.3 Å². The molecule has 0 spiro atoms. The van der Waals surface area contributed by atoms with Crippen molar-refractivity contribution in [1.82, 2.24) is 5.32 Å². The van der Waals surface area contributed by atoms with Crippen molar-refractivity contribution in [3.63, 3.8) is 0 Å². The van der Waals surface area contributed by atoms with Crippen LogP contribution in [0.5, 0.6) is 0 Å². The Balaban J connectivity index is 2.51. The van der Waals surface area contributed by atoms with E-state index >= 15 is 0 Å². The standard InChI is InChI=1S/C18H29N3O3/c1-6-24-18(23)21(5)16-11-9-15(10-12-16)20-17(22)19-14(4)8-7-13(2)3/h9-14H,6-8H2,1-5H3,(H2,19,20,22). The van der Waals surface area contributed by atoms with Gasteiger partial charge in [0, 0.05) is 24.5 Å². The number of hydrogen-bond donors (Lipinski definition) is 2. The number of ether oxygens (including phenoxy) is 1. The fourth-order valence-electron chi connectivity index (χ4n) is 2.14. The number of urea groups is 1. The predicted octanol–water partition coefficient (Wildman–Crippen LogP) is 4.23. The number of amides is 3. The zero-order valence-electron chi connectivity index (χ0n) is 15.3. The van der Waals surface area contributed by atoms with Gasteiger partial charge in [0.1, 0.15) is 0 Å². The molecule has 0 aromatic heterocycles. The average Bonchev–Trinajstić information content (AvgIpc) is 2.53. The maximum atomic E-state index is 12.0. The first-order valence-electron chi connectivity index (χ1n) is 8.41. The van der Waals surface area contributed by atoms with Crippen LogP contribution in [-0.2, 0) is 4.74 Å². The molecular formula is C18H29N3O3. The molecule has 2 N–H and O–H groups in total. The molecule has 0 heterocycles. The average molecular weight is 335 g/mol. The molecule has 6 nitrogen and oxygen atoms in total. The van der Waals surface area contributed by atoms with E-state index in [1.54, 1.807) is 38.2 Å². The Labute approximate surface area is 144 Å². The minimum absolute atomic E-state index is 0.127. The van der Waals surface area contributed by atoms with Gasteiger partial charge in [-0.1, -0.05) is 13.8 Å². The number of rotatable bonds is 7. The van der Waals surface area contributed by atoms with Crippen LogP contribution in [0.15, 0.2) is 24.3 Å². The molecule has 1 aromatic carbocycles. The van der Waals surface area contributed by atoms with Crippen molar-refractivity contribution < 1.29 is 14.3 Å². The van der Waals surface area contributed by atoms with Crippen LogP contribution in [0.1, 0.15) is 40.5 Å². The molecule has 1 rings (SSSR count). The van der Waals surface area contributed by atoms with Gasteiger partial charge in [-0.05, 0) is 56.9 Å². The molecule has 24 heavy (non-hydrogen) atoms. The monoisotopic (exact) mass is 335 g/mol. The summed E-state index contributed by atoms with van der Waals surface area (Å²) in [6.07, 6.45) is 1.62. The van der Waals surface area contributed by atoms with Gasteiger partial charge >= 0.3 is 12.1 Å². The lowest BCUT2D eigenvalue weighted by Crippen LogP contribution is -2.36. The van der Waals surface area contributed by atoms with E-state index in [0.717, 1.165) is 12.8 Å². The summed E-state index contributed by atoms with van der Waals surface area (Å²) in [7, 11) is 1.64. The van der Waals surface area contributed by atoms with Crippen molar-refractivity contribution in [1.29, 1.82) is 0 Å². The molecule has 0 bridgehead atoms. The molecule has 0 aliphatic heterocycles. The summed E-state index contributed by atoms with van der Waals surface area (Å²) >= 11 is 0. The summed E-state index contributed by atoms with van der Waals surface area (Å²) in [6, 6.07) is 6.93. The molecule has 0 radical (unpaired) electrons. The van der Waals surface area contributed by atoms with E-state index in [-0.39, 0.29) is 12.1 Å². The van der Waals surface area contributed by atoms with Gasteiger partial charge < -0.3 is 15.4 Å². The normalized spacial score (nSPS) is 11.8. The van der Waals surface area contributed by atoms with Gasteiger partial charge in [-0.15, -0.1) is 0 Å². The maximum absolute atomic E-state index is 12.0. The van der Waals surface area contributed by atoms with E-state index in [9.17, 15) is 9.59 Å². The van der Waals surface area contributed by atoms with Crippen molar-refractivity contribution in [2.24, 2.45) is 5.92 Å². The third-order valence-corrected chi connectivity index (χ3v) is 3.61. The van der Waals surface area contributed by atoms with Crippen LogP contribution in [0.4, 0.5) is 21.0 Å². The molecule has 1 unspecified atom stereocenters. The Morgan fingerprint density at radius 3 is 2.29 bits per heavy atom. The molecule has 0 saturated carbocycles. The van der Waals surface area contributed by atoms with Gasteiger partial charge in [-0.2, -0.15) is 0 Å². The summed E-state index contributed by atoms with van der Waals surface area (Å²) in [4.78, 5) is 25.1. The van der Waals surface area contributed by atoms with Gasteiger partial charge in [0.15, 0.2) is 0 Å². The van der Waals surface area contributed by atoms with E-state index in [1.807, 2.05) is 6.92 Å². The number of nitrogens with one attached hydrogen (secondary N) is 2. The minimum atomic E-state index is -0.407. The molecular weight excluding hydrogens is 306 g/mol. The molecule has 0 aliphatic carbocycles. The molecule has 1 aromatic rings. The van der Waals surface area contributed by atoms with E-state index < -0.39 is 6.09 Å². The number of nitrogens with zero attached hydrogens (tertiary/aromatic N) is 1. The fourth-order valence-corrected chi connectivity index (χ4v) is 2.14. The topological polar surface area (TPSA) is 70.7 Å². The highest BCUT2D eigenvalue weighted by Gasteiger charge is 2.12. The molecule has 3 amide bonds. The first-order valence-corrected chi connectivity index (χ1v) is 8.41. The Hall–Kier alpha value is -2.24. The highest BCUT2D eigenvalue weighted by atomic mass is 16.6. The zero-order valence-corrected chi connectivity index (χ0v) is 15.3. The van der Waals surface area contributed by atoms with Crippen LogP contribution >= 0.6 is 0 Å². The van der Waals surface area contributed by atoms with Gasteiger partial charge in [0.25, 0.3) is 0 Å². The third kappa shape index (κ3) is 6.89. The highest BCUT2D eigenvalue weighted by Crippen LogP contribution is 2.17. The number of carbonyl (C=O) groups excluding carboxylic acids is 2. The second-order valence-corrected chi connectivity index (χ2v) is 6.28. The summed E-state index contributed by atoms with van der Waals surface area (Å²) < 4.78 is 4.94. The third-order valence-electron chi connectivity index (χ3n) is 3.61. The lowest BCUT2D eigenvalue weighted by atomic mass is 10.0. The maximum Gasteiger partial charge on any atom is 0.413 e.